The van der Waals surface area contributed by atoms with E-state index >= 15 is 0 Å². The predicted octanol–water partition coefficient (Wildman–Crippen LogP) is 3.69. The van der Waals surface area contributed by atoms with Crippen LogP contribution in [-0.4, -0.2) is 8.80 Å². The number of allylic oxidation sites excluding steroid dienone is 2. The van der Waals surface area contributed by atoms with Gasteiger partial charge in [0.2, 0.25) is 0 Å². The van der Waals surface area contributed by atoms with Crippen LogP contribution < -0.4 is 0 Å². The molecule has 0 radical (unpaired) electrons. The van der Waals surface area contributed by atoms with Gasteiger partial charge < -0.3 is 0 Å². The molecule has 0 saturated heterocycles. The molecule has 1 aliphatic carbocycles. The third-order valence-corrected chi connectivity index (χ3v) is 3.36. The molecule has 0 saturated carbocycles. The molecule has 0 spiro atoms. The first-order valence-electron chi connectivity index (χ1n) is 5.95. The van der Waals surface area contributed by atoms with Gasteiger partial charge in [-0.15, -0.1) is 11.5 Å². The van der Waals surface area contributed by atoms with E-state index in [1.165, 1.54) is 38.5 Å². The van der Waals surface area contributed by atoms with Crippen LogP contribution in [0.2, 0.25) is 13.1 Å². The highest BCUT2D eigenvalue weighted by Crippen LogP contribution is 2.21. The Labute approximate surface area is 90.4 Å². The van der Waals surface area contributed by atoms with E-state index in [-0.39, 0.29) is 0 Å². The Morgan fingerprint density at radius 3 is 2.86 bits per heavy atom. The van der Waals surface area contributed by atoms with E-state index < -0.39 is 8.80 Å². The molecular formula is C13H22Si. The summed E-state index contributed by atoms with van der Waals surface area (Å²) in [5, 5.41) is 0. The molecule has 0 bridgehead atoms. The Morgan fingerprint density at radius 1 is 1.36 bits per heavy atom. The molecule has 0 aliphatic heterocycles. The number of hydrogen-bond acceptors (Lipinski definition) is 0. The SMILES string of the molecule is C[SiH](C)C#CCCCC1=CCCCC1. The van der Waals surface area contributed by atoms with Gasteiger partial charge in [-0.1, -0.05) is 24.7 Å². The second-order valence-electron chi connectivity index (χ2n) is 4.44. The molecule has 1 rings (SSSR count). The fraction of sp³-hybridized carbons (Fsp3) is 0.692. The van der Waals surface area contributed by atoms with Crippen molar-refractivity contribution in [1.29, 1.82) is 0 Å². The summed E-state index contributed by atoms with van der Waals surface area (Å²) in [5.41, 5.74) is 5.05. The van der Waals surface area contributed by atoms with Crippen LogP contribution in [-0.2, 0) is 0 Å². The van der Waals surface area contributed by atoms with Gasteiger partial charge in [0.15, 0.2) is 0 Å². The zero-order valence-corrected chi connectivity index (χ0v) is 10.8. The molecule has 0 unspecified atom stereocenters. The normalized spacial score (nSPS) is 16.1. The van der Waals surface area contributed by atoms with Crippen LogP contribution in [0.3, 0.4) is 0 Å². The van der Waals surface area contributed by atoms with Crippen molar-refractivity contribution < 1.29 is 0 Å². The minimum Gasteiger partial charge on any atom is -0.136 e. The number of hydrogen-bond donors (Lipinski definition) is 0. The quantitative estimate of drug-likeness (QED) is 0.286. The van der Waals surface area contributed by atoms with Gasteiger partial charge in [0, 0.05) is 6.42 Å². The highest BCUT2D eigenvalue weighted by atomic mass is 28.3. The average Bonchev–Trinajstić information content (AvgIpc) is 2.18. The van der Waals surface area contributed by atoms with Crippen molar-refractivity contribution >= 4 is 8.80 Å². The van der Waals surface area contributed by atoms with Gasteiger partial charge in [-0.05, 0) is 38.5 Å². The lowest BCUT2D eigenvalue weighted by molar-refractivity contribution is 0.663. The highest BCUT2D eigenvalue weighted by molar-refractivity contribution is 6.64. The van der Waals surface area contributed by atoms with Gasteiger partial charge in [-0.25, -0.2) is 0 Å². The van der Waals surface area contributed by atoms with Crippen molar-refractivity contribution in [3.63, 3.8) is 0 Å². The zero-order valence-electron chi connectivity index (χ0n) is 9.60. The van der Waals surface area contributed by atoms with E-state index in [0.717, 1.165) is 6.42 Å². The van der Waals surface area contributed by atoms with Crippen molar-refractivity contribution in [2.45, 2.75) is 58.0 Å². The van der Waals surface area contributed by atoms with Crippen LogP contribution in [0, 0.1) is 11.5 Å². The van der Waals surface area contributed by atoms with Gasteiger partial charge in [0.25, 0.3) is 0 Å². The summed E-state index contributed by atoms with van der Waals surface area (Å²) in [6.07, 6.45) is 11.6. The smallest absolute Gasteiger partial charge is 0.116 e. The molecule has 14 heavy (non-hydrogen) atoms. The molecule has 1 heteroatoms. The first-order valence-corrected chi connectivity index (χ1v) is 8.84. The topological polar surface area (TPSA) is 0 Å². The lowest BCUT2D eigenvalue weighted by Crippen LogP contribution is -1.94. The Balaban J connectivity index is 2.10. The molecule has 0 aromatic heterocycles. The molecule has 0 aromatic carbocycles. The highest BCUT2D eigenvalue weighted by Gasteiger charge is 2.02. The van der Waals surface area contributed by atoms with E-state index in [1.54, 1.807) is 5.57 Å². The fourth-order valence-corrected chi connectivity index (χ4v) is 2.36. The Kier molecular flexibility index (Phi) is 5.71. The summed E-state index contributed by atoms with van der Waals surface area (Å²) in [5.74, 6) is 3.31. The van der Waals surface area contributed by atoms with Gasteiger partial charge in [-0.3, -0.25) is 0 Å². The van der Waals surface area contributed by atoms with Crippen LogP contribution in [0.1, 0.15) is 44.9 Å². The summed E-state index contributed by atoms with van der Waals surface area (Å²) in [6, 6.07) is 0. The molecule has 1 aliphatic rings. The summed E-state index contributed by atoms with van der Waals surface area (Å²) >= 11 is 0. The maximum atomic E-state index is 3.35. The lowest BCUT2D eigenvalue weighted by atomic mass is 9.96. The van der Waals surface area contributed by atoms with Gasteiger partial charge in [0.1, 0.15) is 8.80 Å². The van der Waals surface area contributed by atoms with Crippen LogP contribution in [0.25, 0.3) is 0 Å². The molecule has 78 valence electrons. The van der Waals surface area contributed by atoms with Crippen LogP contribution in [0.15, 0.2) is 11.6 Å². The minimum absolute atomic E-state index is 0.623. The first kappa shape index (κ1) is 11.6. The van der Waals surface area contributed by atoms with Gasteiger partial charge in [-0.2, -0.15) is 0 Å². The standard InChI is InChI=1S/C13H22Si/c1-14(2)12-8-4-7-11-13-9-5-3-6-10-13/h9,14H,3-7,10-11H2,1-2H3. The Bertz CT molecular complexity index is 240. The Hall–Kier alpha value is -0.483. The third-order valence-electron chi connectivity index (χ3n) is 2.58. The second-order valence-corrected chi connectivity index (χ2v) is 7.04. The molecule has 0 nitrogen and oxygen atoms in total. The Morgan fingerprint density at radius 2 is 2.21 bits per heavy atom. The molecule has 0 atom stereocenters. The number of unbranched alkanes of at least 4 members (excludes halogenated alkanes) is 1. The maximum absolute atomic E-state index is 3.35. The lowest BCUT2D eigenvalue weighted by Gasteiger charge is -2.11. The van der Waals surface area contributed by atoms with Gasteiger partial charge in [0.05, 0.1) is 0 Å². The zero-order chi connectivity index (χ0) is 10.2. The van der Waals surface area contributed by atoms with E-state index in [9.17, 15) is 0 Å². The van der Waals surface area contributed by atoms with Crippen molar-refractivity contribution in [3.05, 3.63) is 11.6 Å². The number of rotatable bonds is 3. The summed E-state index contributed by atoms with van der Waals surface area (Å²) in [6.45, 7) is 4.58. The predicted molar refractivity (Wildman–Crippen MR) is 67.1 cm³/mol. The molecule has 0 amide bonds. The van der Waals surface area contributed by atoms with Crippen LogP contribution in [0.5, 0.6) is 0 Å². The monoisotopic (exact) mass is 206 g/mol. The molecule has 0 aromatic rings. The first-order chi connectivity index (χ1) is 6.79. The second kappa shape index (κ2) is 6.90. The molecular weight excluding hydrogens is 184 g/mol. The maximum Gasteiger partial charge on any atom is 0.116 e. The molecule has 0 N–H and O–H groups in total. The van der Waals surface area contributed by atoms with Gasteiger partial charge >= 0.3 is 0 Å². The van der Waals surface area contributed by atoms with Crippen LogP contribution in [0.4, 0.5) is 0 Å². The average molecular weight is 206 g/mol. The van der Waals surface area contributed by atoms with Crippen molar-refractivity contribution in [3.8, 4) is 11.5 Å². The summed E-state index contributed by atoms with van der Waals surface area (Å²) in [4.78, 5) is 0. The molecule has 0 fully saturated rings. The molecule has 0 heterocycles. The third kappa shape index (κ3) is 5.29. The van der Waals surface area contributed by atoms with Crippen LogP contribution >= 0.6 is 0 Å². The van der Waals surface area contributed by atoms with Crippen molar-refractivity contribution in [1.82, 2.24) is 0 Å². The minimum atomic E-state index is -0.623. The van der Waals surface area contributed by atoms with Crippen molar-refractivity contribution in [2.75, 3.05) is 0 Å². The van der Waals surface area contributed by atoms with Crippen molar-refractivity contribution in [2.24, 2.45) is 0 Å². The van der Waals surface area contributed by atoms with E-state index in [0.29, 0.717) is 0 Å². The summed E-state index contributed by atoms with van der Waals surface area (Å²) in [7, 11) is -0.623. The van der Waals surface area contributed by atoms with E-state index in [2.05, 4.69) is 30.6 Å². The fourth-order valence-electron chi connectivity index (χ4n) is 1.81. The van der Waals surface area contributed by atoms with E-state index in [1.807, 2.05) is 0 Å². The summed E-state index contributed by atoms with van der Waals surface area (Å²) < 4.78 is 0. The van der Waals surface area contributed by atoms with E-state index in [4.69, 9.17) is 0 Å². The largest absolute Gasteiger partial charge is 0.136 e.